The van der Waals surface area contributed by atoms with Crippen LogP contribution in [0.3, 0.4) is 0 Å². The Labute approximate surface area is 152 Å². The van der Waals surface area contributed by atoms with E-state index >= 15 is 0 Å². The molecule has 2 aromatic carbocycles. The lowest BCUT2D eigenvalue weighted by Crippen LogP contribution is -2.39. The van der Waals surface area contributed by atoms with Crippen molar-refractivity contribution < 1.29 is 9.59 Å². The molecule has 0 radical (unpaired) electrons. The summed E-state index contributed by atoms with van der Waals surface area (Å²) in [4.78, 5) is 29.4. The Kier molecular flexibility index (Phi) is 4.54. The number of amides is 2. The van der Waals surface area contributed by atoms with Crippen LogP contribution >= 0.6 is 0 Å². The zero-order valence-corrected chi connectivity index (χ0v) is 14.4. The molecule has 132 valence electrons. The second kappa shape index (κ2) is 7.14. The van der Waals surface area contributed by atoms with Crippen LogP contribution in [0.5, 0.6) is 0 Å². The fraction of sp³-hybridized carbons (Fsp3) is 0.238. The summed E-state index contributed by atoms with van der Waals surface area (Å²) in [5, 5.41) is 4.46. The third kappa shape index (κ3) is 3.26. The van der Waals surface area contributed by atoms with Crippen LogP contribution in [-0.4, -0.2) is 34.3 Å². The maximum Gasteiger partial charge on any atom is 0.247 e. The number of likely N-dealkylation sites (tertiary alicyclic amines) is 1. The average Bonchev–Trinajstić information content (AvgIpc) is 3.19. The van der Waals surface area contributed by atoms with Gasteiger partial charge in [-0.3, -0.25) is 14.5 Å². The molecule has 5 nitrogen and oxygen atoms in total. The first-order valence-electron chi connectivity index (χ1n) is 8.89. The van der Waals surface area contributed by atoms with Gasteiger partial charge in [-0.25, -0.2) is 0 Å². The van der Waals surface area contributed by atoms with Crippen LogP contribution in [0.1, 0.15) is 17.5 Å². The second-order valence-corrected chi connectivity index (χ2v) is 6.62. The van der Waals surface area contributed by atoms with Gasteiger partial charge >= 0.3 is 0 Å². The van der Waals surface area contributed by atoms with Crippen molar-refractivity contribution in [3.8, 4) is 0 Å². The molecule has 1 fully saturated rings. The predicted molar refractivity (Wildman–Crippen MR) is 100 cm³/mol. The van der Waals surface area contributed by atoms with Crippen molar-refractivity contribution in [1.29, 1.82) is 0 Å². The van der Waals surface area contributed by atoms with Crippen molar-refractivity contribution in [2.45, 2.75) is 25.4 Å². The highest BCUT2D eigenvalue weighted by molar-refractivity contribution is 6.05. The average molecular weight is 347 g/mol. The molecule has 0 bridgehead atoms. The van der Waals surface area contributed by atoms with E-state index in [1.54, 1.807) is 0 Å². The molecule has 2 amide bonds. The fourth-order valence-electron chi connectivity index (χ4n) is 3.49. The molecule has 1 atom stereocenters. The highest BCUT2D eigenvalue weighted by atomic mass is 16.2. The Bertz CT molecular complexity index is 933. The summed E-state index contributed by atoms with van der Waals surface area (Å²) in [6.07, 6.45) is 3.05. The van der Waals surface area contributed by atoms with Crippen LogP contribution in [-0.2, 0) is 22.6 Å². The smallest absolute Gasteiger partial charge is 0.247 e. The third-order valence-corrected chi connectivity index (χ3v) is 4.89. The summed E-state index contributed by atoms with van der Waals surface area (Å²) in [6.45, 7) is 1.00. The number of H-pyrrole nitrogens is 1. The molecule has 1 saturated heterocycles. The molecule has 2 N–H and O–H groups in total. The number of aromatic amines is 1. The Hall–Kier alpha value is -2.92. The van der Waals surface area contributed by atoms with E-state index in [0.29, 0.717) is 13.1 Å². The maximum atomic E-state index is 12.6. The number of fused-ring (bicyclic) bond motifs is 1. The minimum absolute atomic E-state index is 0.108. The molecule has 0 aliphatic carbocycles. The standard InChI is InChI=1S/C21H21N3O2/c25-20-12-19(21(26)24(20)14-15-6-2-1-3-7-15)22-11-10-16-13-23-18-9-5-4-8-17(16)18/h1-9,13,19,22-23H,10-12,14H2/t19-/m1/s1. The van der Waals surface area contributed by atoms with Gasteiger partial charge in [0.25, 0.3) is 0 Å². The fourth-order valence-corrected chi connectivity index (χ4v) is 3.49. The molecule has 0 spiro atoms. The minimum Gasteiger partial charge on any atom is -0.361 e. The molecule has 0 unspecified atom stereocenters. The molecular formula is C21H21N3O2. The molecule has 26 heavy (non-hydrogen) atoms. The molecule has 0 saturated carbocycles. The summed E-state index contributed by atoms with van der Waals surface area (Å²) >= 11 is 0. The molecule has 4 rings (SSSR count). The van der Waals surface area contributed by atoms with E-state index in [0.717, 1.165) is 17.5 Å². The number of hydrogen-bond donors (Lipinski definition) is 2. The molecule has 2 heterocycles. The summed E-state index contributed by atoms with van der Waals surface area (Å²) in [5.41, 5.74) is 3.29. The van der Waals surface area contributed by atoms with Gasteiger partial charge < -0.3 is 10.3 Å². The monoisotopic (exact) mass is 347 g/mol. The third-order valence-electron chi connectivity index (χ3n) is 4.89. The van der Waals surface area contributed by atoms with Crippen LogP contribution in [0.15, 0.2) is 60.8 Å². The van der Waals surface area contributed by atoms with E-state index in [1.165, 1.54) is 15.8 Å². The number of carbonyl (C=O) groups excluding carboxylic acids is 2. The zero-order chi connectivity index (χ0) is 17.9. The van der Waals surface area contributed by atoms with Gasteiger partial charge in [0.2, 0.25) is 11.8 Å². The van der Waals surface area contributed by atoms with Gasteiger partial charge in [0, 0.05) is 23.6 Å². The topological polar surface area (TPSA) is 65.2 Å². The summed E-state index contributed by atoms with van der Waals surface area (Å²) in [7, 11) is 0. The highest BCUT2D eigenvalue weighted by Gasteiger charge is 2.37. The Balaban J connectivity index is 1.35. The number of hydrogen-bond acceptors (Lipinski definition) is 3. The summed E-state index contributed by atoms with van der Waals surface area (Å²) in [5.74, 6) is -0.235. The van der Waals surface area contributed by atoms with Crippen LogP contribution in [0.4, 0.5) is 0 Å². The Morgan fingerprint density at radius 3 is 2.65 bits per heavy atom. The minimum atomic E-state index is -0.420. The number of imide groups is 1. The van der Waals surface area contributed by atoms with E-state index in [1.807, 2.05) is 54.7 Å². The van der Waals surface area contributed by atoms with E-state index in [9.17, 15) is 9.59 Å². The highest BCUT2D eigenvalue weighted by Crippen LogP contribution is 2.19. The van der Waals surface area contributed by atoms with E-state index < -0.39 is 6.04 Å². The lowest BCUT2D eigenvalue weighted by atomic mass is 10.1. The van der Waals surface area contributed by atoms with Crippen LogP contribution in [0, 0.1) is 0 Å². The second-order valence-electron chi connectivity index (χ2n) is 6.62. The van der Waals surface area contributed by atoms with Gasteiger partial charge in [-0.15, -0.1) is 0 Å². The number of nitrogens with zero attached hydrogens (tertiary/aromatic N) is 1. The van der Waals surface area contributed by atoms with Gasteiger partial charge in [0.1, 0.15) is 0 Å². The van der Waals surface area contributed by atoms with Gasteiger partial charge in [-0.1, -0.05) is 48.5 Å². The SMILES string of the molecule is O=C1C[C@@H](NCCc2c[nH]c3ccccc23)C(=O)N1Cc1ccccc1. The number of rotatable bonds is 6. The quantitative estimate of drug-likeness (QED) is 0.674. The van der Waals surface area contributed by atoms with E-state index in [2.05, 4.69) is 16.4 Å². The number of carbonyl (C=O) groups is 2. The van der Waals surface area contributed by atoms with Crippen LogP contribution < -0.4 is 5.32 Å². The maximum absolute atomic E-state index is 12.6. The number of nitrogens with one attached hydrogen (secondary N) is 2. The molecule has 5 heteroatoms. The zero-order valence-electron chi connectivity index (χ0n) is 14.4. The first-order valence-corrected chi connectivity index (χ1v) is 8.89. The van der Waals surface area contributed by atoms with Gasteiger partial charge in [0.15, 0.2) is 0 Å². The number of aromatic nitrogens is 1. The number of benzene rings is 2. The normalized spacial score (nSPS) is 17.4. The Morgan fingerprint density at radius 2 is 1.81 bits per heavy atom. The largest absolute Gasteiger partial charge is 0.361 e. The summed E-state index contributed by atoms with van der Waals surface area (Å²) < 4.78 is 0. The predicted octanol–water partition coefficient (Wildman–Crippen LogP) is 2.63. The van der Waals surface area contributed by atoms with E-state index in [-0.39, 0.29) is 18.2 Å². The lowest BCUT2D eigenvalue weighted by Gasteiger charge is -2.15. The van der Waals surface area contributed by atoms with Gasteiger partial charge in [0.05, 0.1) is 19.0 Å². The van der Waals surface area contributed by atoms with Gasteiger partial charge in [-0.2, -0.15) is 0 Å². The first-order chi connectivity index (χ1) is 12.7. The van der Waals surface area contributed by atoms with Crippen molar-refractivity contribution in [3.63, 3.8) is 0 Å². The van der Waals surface area contributed by atoms with Crippen molar-refractivity contribution in [2.75, 3.05) is 6.54 Å². The van der Waals surface area contributed by atoms with Crippen molar-refractivity contribution in [2.24, 2.45) is 0 Å². The first kappa shape index (κ1) is 16.5. The molecule has 1 aromatic heterocycles. The van der Waals surface area contributed by atoms with Crippen LogP contribution in [0.2, 0.25) is 0 Å². The molecule has 1 aliphatic rings. The molecule has 1 aliphatic heterocycles. The van der Waals surface area contributed by atoms with E-state index in [4.69, 9.17) is 0 Å². The van der Waals surface area contributed by atoms with Crippen molar-refractivity contribution in [1.82, 2.24) is 15.2 Å². The lowest BCUT2D eigenvalue weighted by molar-refractivity contribution is -0.139. The van der Waals surface area contributed by atoms with Gasteiger partial charge in [-0.05, 0) is 23.6 Å². The Morgan fingerprint density at radius 1 is 1.04 bits per heavy atom. The summed E-state index contributed by atoms with van der Waals surface area (Å²) in [6, 6.07) is 17.4. The van der Waals surface area contributed by atoms with Crippen molar-refractivity contribution in [3.05, 3.63) is 71.9 Å². The number of para-hydroxylation sites is 1. The van der Waals surface area contributed by atoms with Crippen molar-refractivity contribution >= 4 is 22.7 Å². The molecule has 3 aromatic rings. The molecular weight excluding hydrogens is 326 g/mol. The van der Waals surface area contributed by atoms with Crippen LogP contribution in [0.25, 0.3) is 10.9 Å².